The van der Waals surface area contributed by atoms with Crippen molar-refractivity contribution in [3.05, 3.63) is 75.5 Å². The molecular weight excluding hydrogens is 587 g/mol. The molecule has 8 nitrogen and oxygen atoms in total. The lowest BCUT2D eigenvalue weighted by molar-refractivity contribution is -0.191. The van der Waals surface area contributed by atoms with E-state index < -0.39 is 10.0 Å². The summed E-state index contributed by atoms with van der Waals surface area (Å²) in [6.07, 6.45) is 4.94. The van der Waals surface area contributed by atoms with E-state index in [0.717, 1.165) is 55.8 Å². The summed E-state index contributed by atoms with van der Waals surface area (Å²) >= 11 is 15.7. The zero-order valence-electron chi connectivity index (χ0n) is 20.7. The number of aromatic nitrogens is 3. The Morgan fingerprint density at radius 1 is 1.11 bits per heavy atom. The Balaban J connectivity index is 0.00000127. The Hall–Kier alpha value is -2.66. The van der Waals surface area contributed by atoms with Gasteiger partial charge in [-0.25, -0.2) is 18.1 Å². The fraction of sp³-hybridized carbons (Fsp3) is 0.240. The first-order valence-corrected chi connectivity index (χ1v) is 15.7. The van der Waals surface area contributed by atoms with E-state index in [2.05, 4.69) is 11.6 Å². The minimum atomic E-state index is -3.38. The monoisotopic (exact) mass is 610 g/mol. The molecule has 0 aliphatic carbocycles. The van der Waals surface area contributed by atoms with Gasteiger partial charge in [-0.05, 0) is 48.4 Å². The molecule has 4 aromatic rings. The van der Waals surface area contributed by atoms with Crippen molar-refractivity contribution >= 4 is 68.2 Å². The molecule has 38 heavy (non-hydrogen) atoms. The molecule has 200 valence electrons. The van der Waals surface area contributed by atoms with Gasteiger partial charge >= 0.3 is 6.15 Å². The molecule has 4 rings (SSSR count). The summed E-state index contributed by atoms with van der Waals surface area (Å²) in [6.45, 7) is 4.09. The van der Waals surface area contributed by atoms with Crippen LogP contribution in [0, 0.1) is 6.92 Å². The minimum Gasteiger partial charge on any atom is -0.283 e. The Morgan fingerprint density at radius 2 is 1.82 bits per heavy atom. The van der Waals surface area contributed by atoms with Crippen LogP contribution in [-0.2, 0) is 26.0 Å². The summed E-state index contributed by atoms with van der Waals surface area (Å²) in [6, 6.07) is 12.9. The van der Waals surface area contributed by atoms with Crippen molar-refractivity contribution < 1.29 is 18.0 Å². The molecule has 0 saturated carbocycles. The molecule has 0 aliphatic heterocycles. The van der Waals surface area contributed by atoms with Crippen LogP contribution in [-0.4, -0.2) is 41.3 Å². The van der Waals surface area contributed by atoms with Crippen molar-refractivity contribution in [2.24, 2.45) is 0 Å². The molecule has 2 aromatic carbocycles. The highest BCUT2D eigenvalue weighted by Gasteiger charge is 2.18. The number of rotatable bonds is 9. The Kier molecular flexibility index (Phi) is 10.6. The van der Waals surface area contributed by atoms with Gasteiger partial charge < -0.3 is 0 Å². The number of carbonyl (C=O) groups excluding carboxylic acids is 2. The number of thioether (sulfide) groups is 1. The summed E-state index contributed by atoms with van der Waals surface area (Å²) < 4.78 is 29.0. The molecule has 0 atom stereocenters. The molecule has 0 bridgehead atoms. The predicted molar refractivity (Wildman–Crippen MR) is 153 cm³/mol. The Labute approximate surface area is 239 Å². The van der Waals surface area contributed by atoms with E-state index in [1.807, 2.05) is 43.5 Å². The van der Waals surface area contributed by atoms with Gasteiger partial charge in [0.2, 0.25) is 15.2 Å². The zero-order valence-corrected chi connectivity index (χ0v) is 24.7. The number of thiazole rings is 1. The van der Waals surface area contributed by atoms with E-state index >= 15 is 0 Å². The maximum Gasteiger partial charge on any atom is 0.373 e. The molecule has 13 heteroatoms. The number of nitrogens with zero attached hydrogens (tertiary/aromatic N) is 3. The largest absolute Gasteiger partial charge is 0.373 e. The van der Waals surface area contributed by atoms with Crippen LogP contribution in [0.5, 0.6) is 0 Å². The normalized spacial score (nSPS) is 11.0. The maximum atomic E-state index is 11.8. The van der Waals surface area contributed by atoms with Crippen LogP contribution in [0.15, 0.2) is 52.9 Å². The molecule has 0 radical (unpaired) electrons. The lowest BCUT2D eigenvalue weighted by atomic mass is 10.0. The van der Waals surface area contributed by atoms with Crippen molar-refractivity contribution in [1.82, 2.24) is 14.8 Å². The number of halogens is 2. The fourth-order valence-corrected chi connectivity index (χ4v) is 6.50. The third-order valence-corrected chi connectivity index (χ3v) is 8.95. The van der Waals surface area contributed by atoms with E-state index in [4.69, 9.17) is 42.9 Å². The predicted octanol–water partition coefficient (Wildman–Crippen LogP) is 6.49. The zero-order chi connectivity index (χ0) is 27.9. The van der Waals surface area contributed by atoms with E-state index in [-0.39, 0.29) is 6.15 Å². The average Bonchev–Trinajstić information content (AvgIpc) is 3.44. The molecule has 0 fully saturated rings. The SMILES string of the molecule is CCCSc1sc(-n2cc(Cc3ccccc3NS(C)(=O)=O)c(C)n2)nc1-c1ccc(Cl)c(Cl)c1.O=C=O. The molecular formula is C25H24Cl2N4O4S3. The first-order chi connectivity index (χ1) is 18.1. The van der Waals surface area contributed by atoms with E-state index in [9.17, 15) is 8.42 Å². The highest BCUT2D eigenvalue weighted by Crippen LogP contribution is 2.39. The summed E-state index contributed by atoms with van der Waals surface area (Å²) in [4.78, 5) is 21.2. The lowest BCUT2D eigenvalue weighted by Gasteiger charge is -2.10. The first kappa shape index (κ1) is 29.9. The third kappa shape index (κ3) is 7.92. The van der Waals surface area contributed by atoms with Crippen molar-refractivity contribution in [2.75, 3.05) is 16.7 Å². The number of anilines is 1. The second-order valence-corrected chi connectivity index (χ2v) is 13.0. The molecule has 1 N–H and O–H groups in total. The van der Waals surface area contributed by atoms with Gasteiger partial charge in [0.05, 0.1) is 37.6 Å². The summed E-state index contributed by atoms with van der Waals surface area (Å²) in [5.41, 5.74) is 5.05. The van der Waals surface area contributed by atoms with Crippen LogP contribution < -0.4 is 4.72 Å². The molecule has 0 aliphatic rings. The van der Waals surface area contributed by atoms with Crippen LogP contribution in [0.2, 0.25) is 10.0 Å². The number of hydrogen-bond donors (Lipinski definition) is 1. The van der Waals surface area contributed by atoms with Crippen molar-refractivity contribution in [3.63, 3.8) is 0 Å². The standard InChI is InChI=1S/C24H24Cl2N4O2S3.CO2/c1-4-11-33-23-22(17-9-10-19(25)20(26)13-17)27-24(34-23)30-14-18(15(2)28-30)12-16-7-5-6-8-21(16)29-35(3,31)32;2-1-3/h5-10,13-14,29H,4,11-12H2,1-3H3;. The molecule has 0 spiro atoms. The topological polar surface area (TPSA) is 111 Å². The van der Waals surface area contributed by atoms with Crippen molar-refractivity contribution in [1.29, 1.82) is 0 Å². The first-order valence-electron chi connectivity index (χ1n) is 11.3. The highest BCUT2D eigenvalue weighted by molar-refractivity contribution is 8.01. The number of hydrogen-bond acceptors (Lipinski definition) is 8. The number of sulfonamides is 1. The van der Waals surface area contributed by atoms with Crippen LogP contribution in [0.25, 0.3) is 16.4 Å². The average molecular weight is 612 g/mol. The van der Waals surface area contributed by atoms with Gasteiger partial charge in [0.15, 0.2) is 0 Å². The summed E-state index contributed by atoms with van der Waals surface area (Å²) in [5.74, 6) is 0.976. The van der Waals surface area contributed by atoms with Gasteiger partial charge in [0, 0.05) is 18.2 Å². The van der Waals surface area contributed by atoms with Gasteiger partial charge in [0.1, 0.15) is 0 Å². The number of benzene rings is 2. The van der Waals surface area contributed by atoms with Gasteiger partial charge in [-0.3, -0.25) is 4.72 Å². The quantitative estimate of drug-likeness (QED) is 0.215. The number of para-hydroxylation sites is 1. The summed E-state index contributed by atoms with van der Waals surface area (Å²) in [7, 11) is -3.38. The number of aryl methyl sites for hydroxylation is 1. The second kappa shape index (κ2) is 13.4. The molecule has 2 aromatic heterocycles. The van der Waals surface area contributed by atoms with Crippen LogP contribution in [0.1, 0.15) is 30.2 Å². The third-order valence-electron chi connectivity index (χ3n) is 5.11. The van der Waals surface area contributed by atoms with E-state index in [0.29, 0.717) is 22.2 Å². The smallest absolute Gasteiger partial charge is 0.283 e. The van der Waals surface area contributed by atoms with E-state index in [1.165, 1.54) is 0 Å². The lowest BCUT2D eigenvalue weighted by Crippen LogP contribution is -2.11. The van der Waals surface area contributed by atoms with Crippen molar-refractivity contribution in [2.45, 2.75) is 30.9 Å². The Bertz CT molecular complexity index is 1560. The fourth-order valence-electron chi connectivity index (χ4n) is 3.46. The van der Waals surface area contributed by atoms with E-state index in [1.54, 1.807) is 39.9 Å². The van der Waals surface area contributed by atoms with Crippen LogP contribution in [0.3, 0.4) is 0 Å². The van der Waals surface area contributed by atoms with Crippen molar-refractivity contribution in [3.8, 4) is 16.4 Å². The van der Waals surface area contributed by atoms with Gasteiger partial charge in [-0.15, -0.1) is 11.8 Å². The minimum absolute atomic E-state index is 0.250. The van der Waals surface area contributed by atoms with Gasteiger partial charge in [0.25, 0.3) is 0 Å². The van der Waals surface area contributed by atoms with Crippen LogP contribution >= 0.6 is 46.3 Å². The second-order valence-electron chi connectivity index (χ2n) is 8.09. The highest BCUT2D eigenvalue weighted by atomic mass is 35.5. The molecule has 0 saturated heterocycles. The molecule has 0 amide bonds. The maximum absolute atomic E-state index is 11.8. The van der Waals surface area contributed by atoms with Gasteiger partial charge in [-0.2, -0.15) is 14.7 Å². The Morgan fingerprint density at radius 3 is 2.47 bits per heavy atom. The summed E-state index contributed by atoms with van der Waals surface area (Å²) in [5, 5.41) is 6.46. The molecule has 2 heterocycles. The number of nitrogens with one attached hydrogen (secondary N) is 1. The van der Waals surface area contributed by atoms with Crippen LogP contribution in [0.4, 0.5) is 5.69 Å². The molecule has 0 unspecified atom stereocenters. The van der Waals surface area contributed by atoms with Gasteiger partial charge in [-0.1, -0.05) is 65.7 Å².